The van der Waals surface area contributed by atoms with Crippen LogP contribution in [0, 0.1) is 5.82 Å². The molecule has 0 fully saturated rings. The molecule has 0 unspecified atom stereocenters. The van der Waals surface area contributed by atoms with Crippen molar-refractivity contribution >= 4 is 11.9 Å². The molecule has 0 amide bonds. The molecule has 0 aliphatic carbocycles. The van der Waals surface area contributed by atoms with Crippen molar-refractivity contribution in [3.63, 3.8) is 0 Å². The summed E-state index contributed by atoms with van der Waals surface area (Å²) in [6.07, 6.45) is 3.72. The van der Waals surface area contributed by atoms with Gasteiger partial charge in [0.05, 0.1) is 6.61 Å². The SMILES string of the molecule is C=CC(=O)OCCCc1ccc(-c2ccc(-c3ccc(OC(=O)C=C)cc3)c(F)c2)cc1. The van der Waals surface area contributed by atoms with Crippen LogP contribution < -0.4 is 4.74 Å². The maximum Gasteiger partial charge on any atom is 0.335 e. The molecule has 32 heavy (non-hydrogen) atoms. The summed E-state index contributed by atoms with van der Waals surface area (Å²) in [5.74, 6) is -0.936. The van der Waals surface area contributed by atoms with Crippen LogP contribution in [0.25, 0.3) is 22.3 Å². The first kappa shape index (κ1) is 22.7. The smallest absolute Gasteiger partial charge is 0.335 e. The molecule has 3 rings (SSSR count). The topological polar surface area (TPSA) is 52.6 Å². The number of carbonyl (C=O) groups excluding carboxylic acids is 2. The van der Waals surface area contributed by atoms with Gasteiger partial charge in [0.2, 0.25) is 0 Å². The van der Waals surface area contributed by atoms with Crippen LogP contribution in [-0.2, 0) is 20.7 Å². The van der Waals surface area contributed by atoms with Crippen molar-refractivity contribution in [2.45, 2.75) is 12.8 Å². The van der Waals surface area contributed by atoms with Crippen LogP contribution in [-0.4, -0.2) is 18.5 Å². The molecular weight excluding hydrogens is 407 g/mol. The highest BCUT2D eigenvalue weighted by atomic mass is 19.1. The lowest BCUT2D eigenvalue weighted by molar-refractivity contribution is -0.137. The molecule has 0 radical (unpaired) electrons. The third-order valence-corrected chi connectivity index (χ3v) is 4.83. The van der Waals surface area contributed by atoms with Crippen LogP contribution in [0.1, 0.15) is 12.0 Å². The van der Waals surface area contributed by atoms with Crippen LogP contribution in [0.15, 0.2) is 92.0 Å². The molecule has 0 aliphatic rings. The van der Waals surface area contributed by atoms with Crippen molar-refractivity contribution < 1.29 is 23.5 Å². The summed E-state index contributed by atoms with van der Waals surface area (Å²) in [6.45, 7) is 7.06. The standard InChI is InChI=1S/C27H23FO4/c1-3-26(29)31-17-5-6-19-7-9-20(10-8-19)22-13-16-24(25(28)18-22)21-11-14-23(15-12-21)32-27(30)4-2/h3-4,7-16,18H,1-2,5-6,17H2. The van der Waals surface area contributed by atoms with Gasteiger partial charge in [0, 0.05) is 17.7 Å². The second kappa shape index (κ2) is 10.9. The molecule has 0 atom stereocenters. The van der Waals surface area contributed by atoms with Gasteiger partial charge < -0.3 is 9.47 Å². The summed E-state index contributed by atoms with van der Waals surface area (Å²) in [6, 6.07) is 19.6. The maximum atomic E-state index is 14.8. The van der Waals surface area contributed by atoms with E-state index in [0.717, 1.165) is 35.3 Å². The summed E-state index contributed by atoms with van der Waals surface area (Å²) in [7, 11) is 0. The highest BCUT2D eigenvalue weighted by Crippen LogP contribution is 2.29. The number of hydrogen-bond donors (Lipinski definition) is 0. The summed E-state index contributed by atoms with van der Waals surface area (Å²) in [5.41, 5.74) is 3.93. The largest absolute Gasteiger partial charge is 0.463 e. The minimum absolute atomic E-state index is 0.341. The van der Waals surface area contributed by atoms with Gasteiger partial charge in [-0.1, -0.05) is 61.7 Å². The molecule has 5 heteroatoms. The summed E-state index contributed by atoms with van der Waals surface area (Å²) in [4.78, 5) is 22.3. The van der Waals surface area contributed by atoms with Crippen molar-refractivity contribution in [1.82, 2.24) is 0 Å². The van der Waals surface area contributed by atoms with E-state index in [-0.39, 0.29) is 5.82 Å². The predicted octanol–water partition coefficient (Wildman–Crippen LogP) is 5.91. The Morgan fingerprint density at radius 2 is 1.44 bits per heavy atom. The Kier molecular flexibility index (Phi) is 7.70. The Morgan fingerprint density at radius 3 is 2.06 bits per heavy atom. The normalized spacial score (nSPS) is 10.3. The molecule has 3 aromatic rings. The monoisotopic (exact) mass is 430 g/mol. The molecular formula is C27H23FO4. The highest BCUT2D eigenvalue weighted by Gasteiger charge is 2.09. The fourth-order valence-electron chi connectivity index (χ4n) is 3.16. The van der Waals surface area contributed by atoms with Gasteiger partial charge in [0.1, 0.15) is 11.6 Å². The van der Waals surface area contributed by atoms with E-state index in [2.05, 4.69) is 13.2 Å². The minimum atomic E-state index is -0.546. The lowest BCUT2D eigenvalue weighted by atomic mass is 9.98. The second-order valence-corrected chi connectivity index (χ2v) is 7.02. The predicted molar refractivity (Wildman–Crippen MR) is 123 cm³/mol. The quantitative estimate of drug-likeness (QED) is 0.183. The molecule has 0 aliphatic heterocycles. The number of rotatable bonds is 9. The first-order valence-electron chi connectivity index (χ1n) is 10.1. The Morgan fingerprint density at radius 1 is 0.812 bits per heavy atom. The third-order valence-electron chi connectivity index (χ3n) is 4.83. The van der Waals surface area contributed by atoms with Gasteiger partial charge in [-0.15, -0.1) is 0 Å². The van der Waals surface area contributed by atoms with Crippen molar-refractivity contribution in [2.24, 2.45) is 0 Å². The number of hydrogen-bond acceptors (Lipinski definition) is 4. The van der Waals surface area contributed by atoms with Crippen molar-refractivity contribution in [1.29, 1.82) is 0 Å². The molecule has 3 aromatic carbocycles. The number of carbonyl (C=O) groups is 2. The zero-order chi connectivity index (χ0) is 22.9. The molecule has 0 bridgehead atoms. The summed E-state index contributed by atoms with van der Waals surface area (Å²) >= 11 is 0. The molecule has 4 nitrogen and oxygen atoms in total. The van der Waals surface area contributed by atoms with E-state index >= 15 is 0 Å². The lowest BCUT2D eigenvalue weighted by Crippen LogP contribution is -2.02. The van der Waals surface area contributed by atoms with Crippen LogP contribution in [0.4, 0.5) is 4.39 Å². The number of halogens is 1. The average molecular weight is 430 g/mol. The zero-order valence-corrected chi connectivity index (χ0v) is 17.6. The Balaban J connectivity index is 1.65. The van der Waals surface area contributed by atoms with Gasteiger partial charge in [-0.05, 0) is 53.3 Å². The van der Waals surface area contributed by atoms with Crippen molar-refractivity contribution in [2.75, 3.05) is 6.61 Å². The van der Waals surface area contributed by atoms with Gasteiger partial charge in [0.15, 0.2) is 0 Å². The fraction of sp³-hybridized carbons (Fsp3) is 0.111. The van der Waals surface area contributed by atoms with E-state index in [0.29, 0.717) is 29.9 Å². The van der Waals surface area contributed by atoms with E-state index in [9.17, 15) is 14.0 Å². The van der Waals surface area contributed by atoms with Gasteiger partial charge in [0.25, 0.3) is 0 Å². The van der Waals surface area contributed by atoms with E-state index < -0.39 is 11.9 Å². The molecule has 0 spiro atoms. The van der Waals surface area contributed by atoms with Crippen molar-refractivity contribution in [3.8, 4) is 28.0 Å². The van der Waals surface area contributed by atoms with Crippen LogP contribution >= 0.6 is 0 Å². The highest BCUT2D eigenvalue weighted by molar-refractivity contribution is 5.83. The molecule has 0 N–H and O–H groups in total. The molecule has 0 saturated heterocycles. The fourth-order valence-corrected chi connectivity index (χ4v) is 3.16. The summed E-state index contributed by atoms with van der Waals surface area (Å²) < 4.78 is 24.8. The summed E-state index contributed by atoms with van der Waals surface area (Å²) in [5, 5.41) is 0. The molecule has 162 valence electrons. The van der Waals surface area contributed by atoms with Crippen LogP contribution in [0.5, 0.6) is 5.75 Å². The lowest BCUT2D eigenvalue weighted by Gasteiger charge is -2.09. The average Bonchev–Trinajstić information content (AvgIpc) is 2.82. The van der Waals surface area contributed by atoms with E-state index in [1.807, 2.05) is 30.3 Å². The first-order valence-corrected chi connectivity index (χ1v) is 10.1. The molecule has 0 heterocycles. The van der Waals surface area contributed by atoms with Gasteiger partial charge in [-0.2, -0.15) is 0 Å². The number of ether oxygens (including phenoxy) is 2. The number of benzene rings is 3. The van der Waals surface area contributed by atoms with Crippen LogP contribution in [0.2, 0.25) is 0 Å². The maximum absolute atomic E-state index is 14.8. The third kappa shape index (κ3) is 6.01. The van der Waals surface area contributed by atoms with E-state index in [1.54, 1.807) is 30.3 Å². The first-order chi connectivity index (χ1) is 15.5. The molecule has 0 saturated carbocycles. The van der Waals surface area contributed by atoms with Crippen LogP contribution in [0.3, 0.4) is 0 Å². The Labute approximate surface area is 186 Å². The van der Waals surface area contributed by atoms with Crippen molar-refractivity contribution in [3.05, 3.63) is 103 Å². The number of esters is 2. The minimum Gasteiger partial charge on any atom is -0.463 e. The Bertz CT molecular complexity index is 1120. The van der Waals surface area contributed by atoms with Gasteiger partial charge >= 0.3 is 11.9 Å². The van der Waals surface area contributed by atoms with Gasteiger partial charge in [-0.25, -0.2) is 14.0 Å². The van der Waals surface area contributed by atoms with E-state index in [4.69, 9.17) is 9.47 Å². The van der Waals surface area contributed by atoms with Gasteiger partial charge in [-0.3, -0.25) is 0 Å². The second-order valence-electron chi connectivity index (χ2n) is 7.02. The molecule has 0 aromatic heterocycles. The zero-order valence-electron chi connectivity index (χ0n) is 17.6. The van der Waals surface area contributed by atoms with E-state index in [1.165, 1.54) is 6.07 Å². The number of aryl methyl sites for hydroxylation is 1. The Hall–Kier alpha value is -3.99.